The molecule has 0 aromatic carbocycles. The number of thioether (sulfide) groups is 1. The van der Waals surface area contributed by atoms with Crippen molar-refractivity contribution in [2.75, 3.05) is 12.9 Å². The summed E-state index contributed by atoms with van der Waals surface area (Å²) in [6, 6.07) is 0. The molecule has 1 atom stereocenters. The van der Waals surface area contributed by atoms with Crippen molar-refractivity contribution in [3.05, 3.63) is 23.1 Å². The lowest BCUT2D eigenvalue weighted by atomic mass is 10.2. The summed E-state index contributed by atoms with van der Waals surface area (Å²) in [7, 11) is -0.487. The highest BCUT2D eigenvalue weighted by atomic mass is 32.2. The van der Waals surface area contributed by atoms with Crippen LogP contribution in [0.3, 0.4) is 0 Å². The van der Waals surface area contributed by atoms with Crippen LogP contribution in [0.15, 0.2) is 23.1 Å². The van der Waals surface area contributed by atoms with Gasteiger partial charge in [-0.3, -0.25) is 4.79 Å². The maximum absolute atomic E-state index is 12.1. The van der Waals surface area contributed by atoms with Gasteiger partial charge in [0.25, 0.3) is 0 Å². The van der Waals surface area contributed by atoms with Crippen molar-refractivity contribution in [1.82, 2.24) is 0 Å². The number of rotatable bonds is 8. The lowest BCUT2D eigenvalue weighted by Crippen LogP contribution is -2.43. The van der Waals surface area contributed by atoms with Crippen molar-refractivity contribution in [2.45, 2.75) is 64.3 Å². The maximum Gasteiger partial charge on any atom is 0.330 e. The molecule has 0 amide bonds. The Morgan fingerprint density at radius 1 is 1.42 bits per heavy atom. The van der Waals surface area contributed by atoms with Crippen molar-refractivity contribution in [2.24, 2.45) is 0 Å². The molecule has 4 nitrogen and oxygen atoms in total. The van der Waals surface area contributed by atoms with Gasteiger partial charge in [0.1, 0.15) is 0 Å². The minimum atomic E-state index is -1.85. The molecular formula is C18H30O4SSi. The van der Waals surface area contributed by atoms with Gasteiger partial charge < -0.3 is 9.16 Å². The van der Waals surface area contributed by atoms with E-state index in [1.165, 1.54) is 13.2 Å². The van der Waals surface area contributed by atoms with Gasteiger partial charge in [0.2, 0.25) is 0 Å². The molecule has 136 valence electrons. The summed E-state index contributed by atoms with van der Waals surface area (Å²) in [6.07, 6.45) is 7.35. The number of unbranched alkanes of at least 4 members (excludes halogenated alkanes) is 1. The van der Waals surface area contributed by atoms with Crippen molar-refractivity contribution in [3.63, 3.8) is 0 Å². The second kappa shape index (κ2) is 9.01. The van der Waals surface area contributed by atoms with Crippen LogP contribution in [0.2, 0.25) is 18.1 Å². The molecule has 0 aromatic heterocycles. The van der Waals surface area contributed by atoms with E-state index in [2.05, 4.69) is 38.6 Å². The van der Waals surface area contributed by atoms with E-state index in [9.17, 15) is 9.59 Å². The number of ether oxygens (including phenoxy) is 1. The van der Waals surface area contributed by atoms with Crippen LogP contribution in [-0.4, -0.2) is 39.0 Å². The second-order valence-electron chi connectivity index (χ2n) is 7.49. The predicted octanol–water partition coefficient (Wildman–Crippen LogP) is 4.48. The Balaban J connectivity index is 2.42. The first-order chi connectivity index (χ1) is 11.1. The van der Waals surface area contributed by atoms with Crippen molar-refractivity contribution < 1.29 is 18.8 Å². The molecule has 6 heteroatoms. The molecule has 0 saturated carbocycles. The number of Topliss-reactive ketones (excluding diaryl/α,β-unsaturated/α-hetero) is 1. The molecule has 0 unspecified atom stereocenters. The quantitative estimate of drug-likeness (QED) is 0.273. The van der Waals surface area contributed by atoms with Gasteiger partial charge >= 0.3 is 5.97 Å². The summed E-state index contributed by atoms with van der Waals surface area (Å²) in [5.74, 6) is 0.714. The SMILES string of the molecule is COC(=O)/C=C/CCCSC1=C[C@H](O[Si](C)(C)C(C)(C)C)CC1=O. The maximum atomic E-state index is 12.1. The number of methoxy groups -OCH3 is 1. The minimum absolute atomic E-state index is 0.0693. The third-order valence-corrected chi connectivity index (χ3v) is 10.2. The average Bonchev–Trinajstić information content (AvgIpc) is 2.80. The van der Waals surface area contributed by atoms with Crippen molar-refractivity contribution in [1.29, 1.82) is 0 Å². The standard InChI is InChI=1S/C18H30O4SSi/c1-18(2,3)24(5,6)22-14-12-15(19)16(13-14)23-11-9-7-8-10-17(20)21-4/h8,10,13-14H,7,9,11-12H2,1-6H3/b10-8+/t14-/m1/s1. The Hall–Kier alpha value is -0.853. The van der Waals surface area contributed by atoms with Crippen LogP contribution < -0.4 is 0 Å². The Morgan fingerprint density at radius 3 is 2.67 bits per heavy atom. The number of allylic oxidation sites excluding steroid dienone is 2. The summed E-state index contributed by atoms with van der Waals surface area (Å²) in [6.45, 7) is 11.0. The molecule has 0 N–H and O–H groups in total. The third kappa shape index (κ3) is 6.57. The highest BCUT2D eigenvalue weighted by Crippen LogP contribution is 2.39. The van der Waals surface area contributed by atoms with Gasteiger partial charge in [-0.15, -0.1) is 11.8 Å². The largest absolute Gasteiger partial charge is 0.466 e. The van der Waals surface area contributed by atoms with Gasteiger partial charge in [-0.2, -0.15) is 0 Å². The van der Waals surface area contributed by atoms with Gasteiger partial charge in [0.05, 0.1) is 13.2 Å². The number of hydrogen-bond acceptors (Lipinski definition) is 5. The zero-order valence-electron chi connectivity index (χ0n) is 15.7. The van der Waals surface area contributed by atoms with E-state index in [1.807, 2.05) is 6.08 Å². The van der Waals surface area contributed by atoms with Crippen LogP contribution in [-0.2, 0) is 18.8 Å². The number of esters is 1. The minimum Gasteiger partial charge on any atom is -0.466 e. The molecule has 1 aliphatic carbocycles. The monoisotopic (exact) mass is 370 g/mol. The molecule has 0 radical (unpaired) electrons. The Kier molecular flexibility index (Phi) is 7.96. The Morgan fingerprint density at radius 2 is 2.08 bits per heavy atom. The van der Waals surface area contributed by atoms with E-state index in [0.717, 1.165) is 23.5 Å². The number of ketones is 1. The van der Waals surface area contributed by atoms with Gasteiger partial charge in [-0.05, 0) is 42.8 Å². The first kappa shape index (κ1) is 21.2. The number of carbonyl (C=O) groups excluding carboxylic acids is 2. The zero-order valence-corrected chi connectivity index (χ0v) is 17.5. The van der Waals surface area contributed by atoms with E-state index in [-0.39, 0.29) is 22.9 Å². The van der Waals surface area contributed by atoms with Gasteiger partial charge in [0.15, 0.2) is 14.1 Å². The molecule has 24 heavy (non-hydrogen) atoms. The molecule has 0 saturated heterocycles. The fourth-order valence-electron chi connectivity index (χ4n) is 1.99. The van der Waals surface area contributed by atoms with E-state index >= 15 is 0 Å². The second-order valence-corrected chi connectivity index (χ2v) is 13.4. The van der Waals surface area contributed by atoms with Crippen LogP contribution >= 0.6 is 11.8 Å². The fraction of sp³-hybridized carbons (Fsp3) is 0.667. The molecule has 1 aliphatic rings. The molecule has 0 bridgehead atoms. The molecule has 0 fully saturated rings. The zero-order chi connectivity index (χ0) is 18.4. The first-order valence-electron chi connectivity index (χ1n) is 8.37. The summed E-state index contributed by atoms with van der Waals surface area (Å²) in [5.41, 5.74) is 0. The first-order valence-corrected chi connectivity index (χ1v) is 12.3. The van der Waals surface area contributed by atoms with Crippen LogP contribution in [0, 0.1) is 0 Å². The average molecular weight is 371 g/mol. The lowest BCUT2D eigenvalue weighted by molar-refractivity contribution is -0.134. The molecule has 0 spiro atoms. The lowest BCUT2D eigenvalue weighted by Gasteiger charge is -2.37. The summed E-state index contributed by atoms with van der Waals surface area (Å²) < 4.78 is 10.8. The van der Waals surface area contributed by atoms with Crippen LogP contribution in [0.1, 0.15) is 40.0 Å². The molecule has 0 aromatic rings. The van der Waals surface area contributed by atoms with Gasteiger partial charge in [0, 0.05) is 17.4 Å². The van der Waals surface area contributed by atoms with Crippen molar-refractivity contribution >= 4 is 31.8 Å². The number of hydrogen-bond donors (Lipinski definition) is 0. The van der Waals surface area contributed by atoms with E-state index in [0.29, 0.717) is 6.42 Å². The van der Waals surface area contributed by atoms with Gasteiger partial charge in [-0.1, -0.05) is 26.8 Å². The Labute approximate surface area is 151 Å². The van der Waals surface area contributed by atoms with Gasteiger partial charge in [-0.25, -0.2) is 4.79 Å². The summed E-state index contributed by atoms with van der Waals surface area (Å²) in [5, 5.41) is 0.145. The summed E-state index contributed by atoms with van der Waals surface area (Å²) >= 11 is 1.59. The smallest absolute Gasteiger partial charge is 0.330 e. The topological polar surface area (TPSA) is 52.6 Å². The molecule has 0 heterocycles. The van der Waals surface area contributed by atoms with Crippen LogP contribution in [0.5, 0.6) is 0 Å². The number of carbonyl (C=O) groups is 2. The van der Waals surface area contributed by atoms with Crippen LogP contribution in [0.25, 0.3) is 0 Å². The Bertz CT molecular complexity index is 518. The van der Waals surface area contributed by atoms with E-state index < -0.39 is 8.32 Å². The normalized spacial score (nSPS) is 19.0. The summed E-state index contributed by atoms with van der Waals surface area (Å²) in [4.78, 5) is 23.9. The van der Waals surface area contributed by atoms with E-state index in [1.54, 1.807) is 17.8 Å². The highest BCUT2D eigenvalue weighted by molar-refractivity contribution is 8.04. The third-order valence-electron chi connectivity index (χ3n) is 4.48. The van der Waals surface area contributed by atoms with Crippen LogP contribution in [0.4, 0.5) is 0 Å². The molecule has 1 rings (SSSR count). The fourth-order valence-corrected chi connectivity index (χ4v) is 4.28. The van der Waals surface area contributed by atoms with Crippen molar-refractivity contribution in [3.8, 4) is 0 Å². The molecule has 0 aliphatic heterocycles. The molecular weight excluding hydrogens is 340 g/mol. The predicted molar refractivity (Wildman–Crippen MR) is 103 cm³/mol. The highest BCUT2D eigenvalue weighted by Gasteiger charge is 2.40. The van der Waals surface area contributed by atoms with E-state index in [4.69, 9.17) is 4.43 Å².